The fourth-order valence-corrected chi connectivity index (χ4v) is 5.74. The second-order valence-electron chi connectivity index (χ2n) is 10.1. The lowest BCUT2D eigenvalue weighted by Gasteiger charge is -2.37. The molecule has 0 aliphatic carbocycles. The molecular weight excluding hydrogens is 450 g/mol. The Morgan fingerprint density at radius 1 is 1.03 bits per heavy atom. The predicted octanol–water partition coefficient (Wildman–Crippen LogP) is 4.12. The van der Waals surface area contributed by atoms with Crippen LogP contribution in [0.1, 0.15) is 25.1 Å². The predicted molar refractivity (Wildman–Crippen MR) is 143 cm³/mol. The third-order valence-corrected chi connectivity index (χ3v) is 7.57. The molecule has 3 aromatic carbocycles. The van der Waals surface area contributed by atoms with E-state index in [0.29, 0.717) is 30.7 Å². The van der Waals surface area contributed by atoms with E-state index in [1.54, 1.807) is 25.1 Å². The topological polar surface area (TPSA) is 81.6 Å². The summed E-state index contributed by atoms with van der Waals surface area (Å²) in [6, 6.07) is 18.9. The minimum absolute atomic E-state index is 0.0717. The first-order valence-electron chi connectivity index (χ1n) is 12.7. The van der Waals surface area contributed by atoms with Crippen molar-refractivity contribution in [3.63, 3.8) is 0 Å². The number of phenols is 1. The number of nitrogens with zero attached hydrogens (tertiary/aromatic N) is 4. The SMILES string of the molecule is CN(C)C(=O)CCc1nc(N2C3CCC2CNC3)c2ccc(-c3cc(O)cc4ccccc34)cc2n1. The molecule has 7 nitrogen and oxygen atoms in total. The molecule has 2 atom stereocenters. The van der Waals surface area contributed by atoms with E-state index in [4.69, 9.17) is 9.97 Å². The highest BCUT2D eigenvalue weighted by molar-refractivity contribution is 6.01. The number of aromatic hydroxyl groups is 1. The Morgan fingerprint density at radius 2 is 1.81 bits per heavy atom. The Bertz CT molecular complexity index is 1450. The zero-order chi connectivity index (χ0) is 24.8. The number of nitrogens with one attached hydrogen (secondary N) is 1. The molecule has 2 fully saturated rings. The van der Waals surface area contributed by atoms with E-state index < -0.39 is 0 Å². The number of rotatable bonds is 5. The van der Waals surface area contributed by atoms with Gasteiger partial charge in [0.2, 0.25) is 5.91 Å². The first-order chi connectivity index (χ1) is 17.5. The van der Waals surface area contributed by atoms with Gasteiger partial charge in [0.15, 0.2) is 0 Å². The number of aryl methyl sites for hydroxylation is 1. The maximum atomic E-state index is 12.3. The summed E-state index contributed by atoms with van der Waals surface area (Å²) in [5, 5.41) is 17.1. The molecule has 2 aliphatic heterocycles. The van der Waals surface area contributed by atoms with E-state index in [2.05, 4.69) is 34.5 Å². The highest BCUT2D eigenvalue weighted by Crippen LogP contribution is 2.38. The molecule has 3 heterocycles. The van der Waals surface area contributed by atoms with Crippen molar-refractivity contribution in [2.75, 3.05) is 32.1 Å². The van der Waals surface area contributed by atoms with Gasteiger partial charge in [0.05, 0.1) is 5.52 Å². The Balaban J connectivity index is 1.49. The Hall–Kier alpha value is -3.71. The maximum Gasteiger partial charge on any atom is 0.222 e. The third-order valence-electron chi connectivity index (χ3n) is 7.57. The van der Waals surface area contributed by atoms with Crippen LogP contribution in [0.2, 0.25) is 0 Å². The number of benzene rings is 3. The van der Waals surface area contributed by atoms with Crippen LogP contribution in [0.4, 0.5) is 5.82 Å². The third kappa shape index (κ3) is 4.03. The van der Waals surface area contributed by atoms with E-state index in [-0.39, 0.29) is 11.7 Å². The first kappa shape index (κ1) is 22.7. The van der Waals surface area contributed by atoms with Crippen LogP contribution < -0.4 is 10.2 Å². The van der Waals surface area contributed by atoms with Crippen LogP contribution in [-0.2, 0) is 11.2 Å². The molecule has 2 saturated heterocycles. The molecule has 7 heteroatoms. The summed E-state index contributed by atoms with van der Waals surface area (Å²) in [5.41, 5.74) is 2.84. The highest BCUT2D eigenvalue weighted by Gasteiger charge is 2.38. The van der Waals surface area contributed by atoms with Crippen LogP contribution in [0.5, 0.6) is 5.75 Å². The molecular formula is C29H31N5O2. The smallest absolute Gasteiger partial charge is 0.222 e. The van der Waals surface area contributed by atoms with E-state index in [9.17, 15) is 9.90 Å². The Morgan fingerprint density at radius 3 is 2.58 bits per heavy atom. The zero-order valence-electron chi connectivity index (χ0n) is 20.7. The van der Waals surface area contributed by atoms with Gasteiger partial charge < -0.3 is 20.2 Å². The summed E-state index contributed by atoms with van der Waals surface area (Å²) in [6.07, 6.45) is 3.19. The molecule has 2 bridgehead atoms. The molecule has 1 aromatic heterocycles. The molecule has 36 heavy (non-hydrogen) atoms. The van der Waals surface area contributed by atoms with Crippen LogP contribution in [0, 0.1) is 0 Å². The molecule has 4 aromatic rings. The zero-order valence-corrected chi connectivity index (χ0v) is 20.7. The molecule has 0 spiro atoms. The monoisotopic (exact) mass is 481 g/mol. The summed E-state index contributed by atoms with van der Waals surface area (Å²) in [4.78, 5) is 26.4. The summed E-state index contributed by atoms with van der Waals surface area (Å²) >= 11 is 0. The maximum absolute atomic E-state index is 12.3. The average molecular weight is 482 g/mol. The minimum atomic E-state index is 0.0717. The average Bonchev–Trinajstić information content (AvgIpc) is 3.12. The van der Waals surface area contributed by atoms with Crippen LogP contribution in [-0.4, -0.2) is 65.2 Å². The van der Waals surface area contributed by atoms with E-state index >= 15 is 0 Å². The fraction of sp³-hybridized carbons (Fsp3) is 0.345. The van der Waals surface area contributed by atoms with Gasteiger partial charge in [0.25, 0.3) is 0 Å². The van der Waals surface area contributed by atoms with Gasteiger partial charge in [-0.2, -0.15) is 0 Å². The number of piperazine rings is 1. The van der Waals surface area contributed by atoms with E-state index in [1.165, 1.54) is 0 Å². The summed E-state index contributed by atoms with van der Waals surface area (Å²) in [6.45, 7) is 1.92. The second-order valence-corrected chi connectivity index (χ2v) is 10.1. The normalized spacial score (nSPS) is 19.2. The molecule has 2 aliphatic rings. The van der Waals surface area contributed by atoms with E-state index in [1.807, 2.05) is 24.3 Å². The molecule has 184 valence electrons. The van der Waals surface area contributed by atoms with Crippen molar-refractivity contribution in [1.29, 1.82) is 0 Å². The van der Waals surface area contributed by atoms with Crippen molar-refractivity contribution in [3.8, 4) is 16.9 Å². The quantitative estimate of drug-likeness (QED) is 0.446. The van der Waals surface area contributed by atoms with Gasteiger partial charge in [-0.05, 0) is 59.0 Å². The van der Waals surface area contributed by atoms with Gasteiger partial charge in [-0.1, -0.05) is 30.3 Å². The van der Waals surface area contributed by atoms with Gasteiger partial charge in [-0.3, -0.25) is 4.79 Å². The molecule has 2 unspecified atom stereocenters. The number of carbonyl (C=O) groups is 1. The number of amides is 1. The number of hydrogen-bond acceptors (Lipinski definition) is 6. The Kier molecular flexibility index (Phi) is 5.72. The summed E-state index contributed by atoms with van der Waals surface area (Å²) in [7, 11) is 3.55. The van der Waals surface area contributed by atoms with Gasteiger partial charge in [-0.25, -0.2) is 9.97 Å². The lowest BCUT2D eigenvalue weighted by Crippen LogP contribution is -2.52. The summed E-state index contributed by atoms with van der Waals surface area (Å²) < 4.78 is 0. The number of fused-ring (bicyclic) bond motifs is 4. The van der Waals surface area contributed by atoms with Crippen LogP contribution in [0.3, 0.4) is 0 Å². The molecule has 2 N–H and O–H groups in total. The largest absolute Gasteiger partial charge is 0.508 e. The van der Waals surface area contributed by atoms with Crippen molar-refractivity contribution in [2.45, 2.75) is 37.8 Å². The van der Waals surface area contributed by atoms with Crippen LogP contribution >= 0.6 is 0 Å². The lowest BCUT2D eigenvalue weighted by atomic mass is 9.97. The Labute approximate surface area is 210 Å². The number of hydrogen-bond donors (Lipinski definition) is 2. The van der Waals surface area contributed by atoms with Crippen molar-refractivity contribution in [2.24, 2.45) is 0 Å². The lowest BCUT2D eigenvalue weighted by molar-refractivity contribution is -0.128. The molecule has 1 amide bonds. The van der Waals surface area contributed by atoms with Crippen molar-refractivity contribution < 1.29 is 9.90 Å². The van der Waals surface area contributed by atoms with Gasteiger partial charge in [0.1, 0.15) is 17.4 Å². The number of carbonyl (C=O) groups excluding carboxylic acids is 1. The number of phenolic OH excluding ortho intramolecular Hbond substituents is 1. The highest BCUT2D eigenvalue weighted by atomic mass is 16.3. The molecule has 6 rings (SSSR count). The van der Waals surface area contributed by atoms with Crippen LogP contribution in [0.25, 0.3) is 32.8 Å². The number of anilines is 1. The summed E-state index contributed by atoms with van der Waals surface area (Å²) in [5.74, 6) is 1.99. The molecule has 0 radical (unpaired) electrons. The minimum Gasteiger partial charge on any atom is -0.508 e. The second kappa shape index (κ2) is 9.06. The van der Waals surface area contributed by atoms with E-state index in [0.717, 1.165) is 64.6 Å². The van der Waals surface area contributed by atoms with Crippen molar-refractivity contribution in [1.82, 2.24) is 20.2 Å². The first-order valence-corrected chi connectivity index (χ1v) is 12.7. The van der Waals surface area contributed by atoms with Crippen molar-refractivity contribution >= 4 is 33.4 Å². The van der Waals surface area contributed by atoms with Gasteiger partial charge >= 0.3 is 0 Å². The van der Waals surface area contributed by atoms with Gasteiger partial charge in [-0.15, -0.1) is 0 Å². The fourth-order valence-electron chi connectivity index (χ4n) is 5.74. The van der Waals surface area contributed by atoms with Crippen molar-refractivity contribution in [3.05, 3.63) is 60.4 Å². The molecule has 0 saturated carbocycles. The standard InChI is InChI=1S/C29H31N5O2/c1-33(2)28(36)12-11-27-31-26-14-19(25-15-22(35)13-18-5-3-4-6-23(18)25)7-10-24(26)29(32-27)34-20-8-9-21(34)17-30-16-20/h3-7,10,13-15,20-21,30,35H,8-9,11-12,16-17H2,1-2H3. The number of aromatic nitrogens is 2. The van der Waals surface area contributed by atoms with Gasteiger partial charge in [0, 0.05) is 57.5 Å². The van der Waals surface area contributed by atoms with Crippen LogP contribution in [0.15, 0.2) is 54.6 Å².